The van der Waals surface area contributed by atoms with Crippen LogP contribution in [0.3, 0.4) is 0 Å². The number of terminal acetylenes is 1. The molecule has 20 heavy (non-hydrogen) atoms. The lowest BCUT2D eigenvalue weighted by Crippen LogP contribution is -2.06. The van der Waals surface area contributed by atoms with Crippen molar-refractivity contribution in [3.05, 3.63) is 34.1 Å². The largest absolute Gasteiger partial charge is 0.383 e. The van der Waals surface area contributed by atoms with Crippen LogP contribution in [-0.4, -0.2) is 9.55 Å². The summed E-state index contributed by atoms with van der Waals surface area (Å²) in [6, 6.07) is 5.26. The highest BCUT2D eigenvalue weighted by molar-refractivity contribution is 6.36. The van der Waals surface area contributed by atoms with Crippen molar-refractivity contribution in [3.63, 3.8) is 0 Å². The molecule has 0 bridgehead atoms. The molecule has 0 fully saturated rings. The molecule has 0 saturated carbocycles. The number of nitrogens with two attached hydrogens (primary N) is 1. The van der Waals surface area contributed by atoms with Crippen LogP contribution in [0.15, 0.2) is 18.2 Å². The van der Waals surface area contributed by atoms with Gasteiger partial charge in [-0.05, 0) is 24.6 Å². The number of nitrogen functional groups attached to an aromatic ring is 1. The molecule has 0 spiro atoms. The Morgan fingerprint density at radius 1 is 1.40 bits per heavy atom. The third-order valence-corrected chi connectivity index (χ3v) is 3.54. The lowest BCUT2D eigenvalue weighted by atomic mass is 10.1. The molecule has 0 saturated heterocycles. The third kappa shape index (κ3) is 2.77. The molecular weight excluding hydrogens is 293 g/mol. The summed E-state index contributed by atoms with van der Waals surface area (Å²) in [5.74, 6) is 4.02. The van der Waals surface area contributed by atoms with Gasteiger partial charge in [-0.15, -0.1) is 6.42 Å². The number of benzene rings is 1. The molecule has 2 rings (SSSR count). The monoisotopic (exact) mass is 307 g/mol. The van der Waals surface area contributed by atoms with E-state index in [0.717, 1.165) is 24.2 Å². The Hall–Kier alpha value is -1.63. The fraction of sp³-hybridized carbons (Fsp3) is 0.267. The van der Waals surface area contributed by atoms with E-state index >= 15 is 0 Å². The average molecular weight is 308 g/mol. The van der Waals surface area contributed by atoms with E-state index in [9.17, 15) is 0 Å². The second-order valence-electron chi connectivity index (χ2n) is 4.43. The zero-order chi connectivity index (χ0) is 14.7. The number of nitrogens with zero attached hydrogens (tertiary/aromatic N) is 2. The number of rotatable bonds is 4. The molecule has 0 aliphatic heterocycles. The Bertz CT molecular complexity index is 668. The van der Waals surface area contributed by atoms with Crippen molar-refractivity contribution in [3.8, 4) is 23.6 Å². The van der Waals surface area contributed by atoms with Gasteiger partial charge in [0.25, 0.3) is 0 Å². The summed E-state index contributed by atoms with van der Waals surface area (Å²) in [6.45, 7) is 2.49. The first-order valence-electron chi connectivity index (χ1n) is 6.32. The highest BCUT2D eigenvalue weighted by atomic mass is 35.5. The van der Waals surface area contributed by atoms with Crippen molar-refractivity contribution < 1.29 is 0 Å². The number of aromatic nitrogens is 2. The van der Waals surface area contributed by atoms with E-state index in [1.165, 1.54) is 0 Å². The number of anilines is 1. The second kappa shape index (κ2) is 6.21. The van der Waals surface area contributed by atoms with Crippen molar-refractivity contribution in [2.45, 2.75) is 26.3 Å². The van der Waals surface area contributed by atoms with E-state index in [2.05, 4.69) is 17.8 Å². The molecule has 0 aliphatic carbocycles. The van der Waals surface area contributed by atoms with E-state index in [4.69, 9.17) is 35.4 Å². The van der Waals surface area contributed by atoms with Crippen molar-refractivity contribution in [1.82, 2.24) is 9.55 Å². The van der Waals surface area contributed by atoms with Crippen molar-refractivity contribution >= 4 is 29.0 Å². The van der Waals surface area contributed by atoms with Crippen LogP contribution < -0.4 is 5.73 Å². The van der Waals surface area contributed by atoms with Gasteiger partial charge < -0.3 is 10.3 Å². The minimum atomic E-state index is 0.402. The summed E-state index contributed by atoms with van der Waals surface area (Å²) in [5.41, 5.74) is 7.60. The third-order valence-electron chi connectivity index (χ3n) is 3.00. The van der Waals surface area contributed by atoms with Crippen LogP contribution in [0.1, 0.15) is 19.2 Å². The highest BCUT2D eigenvalue weighted by Crippen LogP contribution is 2.33. The SMILES string of the molecule is C#CCn1c(CCC)nc(-c2ccc(Cl)cc2Cl)c1N. The van der Waals surface area contributed by atoms with Crippen LogP contribution in [0.2, 0.25) is 10.0 Å². The van der Waals surface area contributed by atoms with Crippen LogP contribution in [0, 0.1) is 12.3 Å². The maximum absolute atomic E-state index is 6.22. The fourth-order valence-electron chi connectivity index (χ4n) is 2.08. The number of imidazole rings is 1. The lowest BCUT2D eigenvalue weighted by Gasteiger charge is -2.05. The van der Waals surface area contributed by atoms with Gasteiger partial charge in [-0.2, -0.15) is 0 Å². The minimum absolute atomic E-state index is 0.402. The van der Waals surface area contributed by atoms with Crippen molar-refractivity contribution in [2.75, 3.05) is 5.73 Å². The molecule has 1 aromatic heterocycles. The summed E-state index contributed by atoms with van der Waals surface area (Å²) in [6.07, 6.45) is 7.18. The van der Waals surface area contributed by atoms with Gasteiger partial charge in [-0.1, -0.05) is 36.0 Å². The Labute approximate surface area is 128 Å². The molecule has 0 atom stereocenters. The van der Waals surface area contributed by atoms with E-state index in [1.807, 2.05) is 10.6 Å². The molecule has 0 unspecified atom stereocenters. The Balaban J connectivity index is 2.57. The Morgan fingerprint density at radius 2 is 2.15 bits per heavy atom. The predicted molar refractivity (Wildman–Crippen MR) is 84.9 cm³/mol. The molecular formula is C15H15Cl2N3. The van der Waals surface area contributed by atoms with Crippen LogP contribution in [0.4, 0.5) is 5.82 Å². The smallest absolute Gasteiger partial charge is 0.132 e. The summed E-state index contributed by atoms with van der Waals surface area (Å²) in [5, 5.41) is 1.10. The van der Waals surface area contributed by atoms with Crippen LogP contribution in [0.5, 0.6) is 0 Å². The highest BCUT2D eigenvalue weighted by Gasteiger charge is 2.17. The van der Waals surface area contributed by atoms with Crippen LogP contribution >= 0.6 is 23.2 Å². The van der Waals surface area contributed by atoms with Gasteiger partial charge in [0.15, 0.2) is 0 Å². The van der Waals surface area contributed by atoms with E-state index < -0.39 is 0 Å². The lowest BCUT2D eigenvalue weighted by molar-refractivity contribution is 0.733. The molecule has 0 radical (unpaired) electrons. The molecule has 1 heterocycles. The Kier molecular flexibility index (Phi) is 4.59. The van der Waals surface area contributed by atoms with Crippen LogP contribution in [-0.2, 0) is 13.0 Å². The first kappa shape index (κ1) is 14.8. The average Bonchev–Trinajstić information content (AvgIpc) is 2.69. The zero-order valence-electron chi connectivity index (χ0n) is 11.2. The van der Waals surface area contributed by atoms with Gasteiger partial charge in [0.05, 0.1) is 11.6 Å². The number of hydrogen-bond donors (Lipinski definition) is 1. The van der Waals surface area contributed by atoms with Crippen molar-refractivity contribution in [2.24, 2.45) is 0 Å². The quantitative estimate of drug-likeness (QED) is 0.867. The number of halogens is 2. The topological polar surface area (TPSA) is 43.8 Å². The first-order chi connectivity index (χ1) is 9.58. The minimum Gasteiger partial charge on any atom is -0.383 e. The molecule has 0 aliphatic rings. The normalized spacial score (nSPS) is 10.5. The standard InChI is InChI=1S/C15H15Cl2N3/c1-3-5-13-19-14(15(18)20(13)8-4-2)11-7-6-10(16)9-12(11)17/h2,6-7,9H,3,5,8,18H2,1H3. The van der Waals surface area contributed by atoms with Gasteiger partial charge in [0.1, 0.15) is 17.3 Å². The zero-order valence-corrected chi connectivity index (χ0v) is 12.7. The van der Waals surface area contributed by atoms with Crippen molar-refractivity contribution in [1.29, 1.82) is 0 Å². The fourth-order valence-corrected chi connectivity index (χ4v) is 2.57. The number of hydrogen-bond acceptors (Lipinski definition) is 2. The van der Waals surface area contributed by atoms with Gasteiger partial charge in [0.2, 0.25) is 0 Å². The number of aryl methyl sites for hydroxylation is 1. The summed E-state index contributed by atoms with van der Waals surface area (Å²) < 4.78 is 1.85. The molecule has 5 heteroatoms. The maximum Gasteiger partial charge on any atom is 0.132 e. The predicted octanol–water partition coefficient (Wildman–Crippen LogP) is 4.02. The Morgan fingerprint density at radius 3 is 2.75 bits per heavy atom. The molecule has 0 amide bonds. The van der Waals surface area contributed by atoms with Gasteiger partial charge in [-0.3, -0.25) is 0 Å². The molecule has 1 aromatic carbocycles. The second-order valence-corrected chi connectivity index (χ2v) is 5.27. The van der Waals surface area contributed by atoms with E-state index in [0.29, 0.717) is 28.1 Å². The van der Waals surface area contributed by atoms with Crippen LogP contribution in [0.25, 0.3) is 11.3 Å². The van der Waals surface area contributed by atoms with Gasteiger partial charge in [0, 0.05) is 17.0 Å². The molecule has 2 N–H and O–H groups in total. The molecule has 104 valence electrons. The van der Waals surface area contributed by atoms with E-state index in [-0.39, 0.29) is 0 Å². The van der Waals surface area contributed by atoms with Gasteiger partial charge >= 0.3 is 0 Å². The van der Waals surface area contributed by atoms with Gasteiger partial charge in [-0.25, -0.2) is 4.98 Å². The summed E-state index contributed by atoms with van der Waals surface area (Å²) >= 11 is 12.1. The first-order valence-corrected chi connectivity index (χ1v) is 7.07. The maximum atomic E-state index is 6.22. The summed E-state index contributed by atoms with van der Waals surface area (Å²) in [4.78, 5) is 4.59. The molecule has 2 aromatic rings. The van der Waals surface area contributed by atoms with E-state index in [1.54, 1.807) is 12.1 Å². The molecule has 3 nitrogen and oxygen atoms in total. The summed E-state index contributed by atoms with van der Waals surface area (Å²) in [7, 11) is 0.